The van der Waals surface area contributed by atoms with Crippen LogP contribution in [0.3, 0.4) is 0 Å². The number of halogens is 2. The average molecular weight is 352 g/mol. The lowest BCUT2D eigenvalue weighted by molar-refractivity contribution is 0.480. The molecule has 3 aromatic rings. The van der Waals surface area contributed by atoms with Crippen molar-refractivity contribution in [1.82, 2.24) is 4.98 Å². The van der Waals surface area contributed by atoms with E-state index in [0.29, 0.717) is 21.7 Å². The van der Waals surface area contributed by atoms with Crippen molar-refractivity contribution in [2.75, 3.05) is 5.43 Å². The lowest BCUT2D eigenvalue weighted by Gasteiger charge is -2.06. The van der Waals surface area contributed by atoms with Crippen molar-refractivity contribution in [2.45, 2.75) is 6.92 Å². The Morgan fingerprint density at radius 3 is 2.82 bits per heavy atom. The SMILES string of the molecule is Cc1ccsc1C=NNc1ccc2c(Cl)cc(Cl)c(O)c2n1. The Morgan fingerprint density at radius 1 is 1.27 bits per heavy atom. The van der Waals surface area contributed by atoms with Crippen LogP contribution < -0.4 is 5.43 Å². The second kappa shape index (κ2) is 6.12. The van der Waals surface area contributed by atoms with Crippen molar-refractivity contribution in [3.63, 3.8) is 0 Å². The van der Waals surface area contributed by atoms with Crippen LogP contribution in [0, 0.1) is 6.92 Å². The number of hydrogen-bond acceptors (Lipinski definition) is 5. The first-order valence-electron chi connectivity index (χ1n) is 6.37. The molecule has 1 aromatic carbocycles. The summed E-state index contributed by atoms with van der Waals surface area (Å²) in [7, 11) is 0. The summed E-state index contributed by atoms with van der Waals surface area (Å²) in [6, 6.07) is 7.02. The fraction of sp³-hybridized carbons (Fsp3) is 0.0667. The predicted octanol–water partition coefficient (Wildman–Crippen LogP) is 5.06. The highest BCUT2D eigenvalue weighted by Crippen LogP contribution is 2.36. The number of fused-ring (bicyclic) bond motifs is 1. The van der Waals surface area contributed by atoms with Crippen molar-refractivity contribution in [3.8, 4) is 5.75 Å². The minimum absolute atomic E-state index is 0.0946. The van der Waals surface area contributed by atoms with E-state index >= 15 is 0 Å². The van der Waals surface area contributed by atoms with Gasteiger partial charge in [-0.15, -0.1) is 11.3 Å². The van der Waals surface area contributed by atoms with E-state index in [1.807, 2.05) is 18.4 Å². The monoisotopic (exact) mass is 351 g/mol. The summed E-state index contributed by atoms with van der Waals surface area (Å²) in [4.78, 5) is 5.37. The largest absolute Gasteiger partial charge is 0.504 e. The number of rotatable bonds is 3. The minimum Gasteiger partial charge on any atom is -0.504 e. The van der Waals surface area contributed by atoms with Crippen molar-refractivity contribution in [3.05, 3.63) is 50.1 Å². The molecule has 112 valence electrons. The Bertz CT molecular complexity index is 877. The number of aryl methyl sites for hydroxylation is 1. The zero-order valence-electron chi connectivity index (χ0n) is 11.5. The van der Waals surface area contributed by atoms with Gasteiger partial charge in [0.15, 0.2) is 5.75 Å². The number of phenolic OH excluding ortho intramolecular Hbond substituents is 1. The molecule has 3 rings (SSSR count). The first kappa shape index (κ1) is 15.1. The fourth-order valence-corrected chi connectivity index (χ4v) is 3.24. The van der Waals surface area contributed by atoms with E-state index in [4.69, 9.17) is 23.2 Å². The van der Waals surface area contributed by atoms with E-state index in [1.54, 1.807) is 29.7 Å². The number of anilines is 1. The number of hydrogen-bond donors (Lipinski definition) is 2. The molecule has 22 heavy (non-hydrogen) atoms. The summed E-state index contributed by atoms with van der Waals surface area (Å²) >= 11 is 13.6. The Kier molecular flexibility index (Phi) is 4.20. The first-order chi connectivity index (χ1) is 10.6. The van der Waals surface area contributed by atoms with Crippen LogP contribution in [0.4, 0.5) is 5.82 Å². The molecule has 7 heteroatoms. The van der Waals surface area contributed by atoms with Gasteiger partial charge in [-0.3, -0.25) is 5.43 Å². The molecule has 2 N–H and O–H groups in total. The van der Waals surface area contributed by atoms with Crippen molar-refractivity contribution < 1.29 is 5.11 Å². The van der Waals surface area contributed by atoms with Crippen LogP contribution in [-0.2, 0) is 0 Å². The van der Waals surface area contributed by atoms with Gasteiger partial charge in [0, 0.05) is 10.3 Å². The number of pyridine rings is 1. The van der Waals surface area contributed by atoms with Gasteiger partial charge in [0.25, 0.3) is 0 Å². The number of benzene rings is 1. The van der Waals surface area contributed by atoms with Crippen molar-refractivity contribution in [1.29, 1.82) is 0 Å². The molecule has 0 fully saturated rings. The van der Waals surface area contributed by atoms with Crippen LogP contribution in [0.2, 0.25) is 10.0 Å². The summed E-state index contributed by atoms with van der Waals surface area (Å²) in [5.41, 5.74) is 4.34. The standard InChI is InChI=1S/C15H11Cl2N3OS/c1-8-4-5-22-12(8)7-18-20-13-3-2-9-10(16)6-11(17)15(21)14(9)19-13/h2-7,21H,1H3,(H,19,20). The third kappa shape index (κ3) is 2.88. The van der Waals surface area contributed by atoms with Gasteiger partial charge in [-0.1, -0.05) is 23.2 Å². The van der Waals surface area contributed by atoms with Crippen LogP contribution >= 0.6 is 34.5 Å². The predicted molar refractivity (Wildman–Crippen MR) is 93.7 cm³/mol. The Balaban J connectivity index is 1.91. The van der Waals surface area contributed by atoms with Gasteiger partial charge in [-0.05, 0) is 42.1 Å². The number of phenols is 1. The van der Waals surface area contributed by atoms with Gasteiger partial charge in [0.05, 0.1) is 16.3 Å². The minimum atomic E-state index is -0.0946. The summed E-state index contributed by atoms with van der Waals surface area (Å²) in [6.07, 6.45) is 1.73. The molecule has 0 aliphatic carbocycles. The molecule has 2 heterocycles. The second-order valence-electron chi connectivity index (χ2n) is 4.62. The van der Waals surface area contributed by atoms with E-state index in [1.165, 1.54) is 11.6 Å². The van der Waals surface area contributed by atoms with Crippen LogP contribution in [0.25, 0.3) is 10.9 Å². The Hall–Kier alpha value is -1.82. The van der Waals surface area contributed by atoms with Gasteiger partial charge in [0.1, 0.15) is 11.3 Å². The van der Waals surface area contributed by atoms with Crippen LogP contribution in [0.15, 0.2) is 34.7 Å². The van der Waals surface area contributed by atoms with E-state index in [0.717, 1.165) is 4.88 Å². The molecule has 0 saturated heterocycles. The van der Waals surface area contributed by atoms with E-state index in [2.05, 4.69) is 15.5 Å². The second-order valence-corrected chi connectivity index (χ2v) is 6.38. The third-order valence-electron chi connectivity index (χ3n) is 3.12. The van der Waals surface area contributed by atoms with Gasteiger partial charge in [-0.2, -0.15) is 5.10 Å². The third-order valence-corrected chi connectivity index (χ3v) is 4.67. The maximum atomic E-state index is 10.0. The number of aromatic nitrogens is 1. The molecule has 0 bridgehead atoms. The number of nitrogens with zero attached hydrogens (tertiary/aromatic N) is 2. The first-order valence-corrected chi connectivity index (χ1v) is 8.00. The molecule has 0 saturated carbocycles. The molecular formula is C15H11Cl2N3OS. The smallest absolute Gasteiger partial charge is 0.160 e. The summed E-state index contributed by atoms with van der Waals surface area (Å²) in [5, 5.41) is 17.4. The molecule has 4 nitrogen and oxygen atoms in total. The van der Waals surface area contributed by atoms with Crippen LogP contribution in [-0.4, -0.2) is 16.3 Å². The number of thiophene rings is 1. The molecule has 0 aliphatic rings. The van der Waals surface area contributed by atoms with Crippen molar-refractivity contribution in [2.24, 2.45) is 5.10 Å². The highest BCUT2D eigenvalue weighted by molar-refractivity contribution is 7.11. The molecule has 0 atom stereocenters. The lowest BCUT2D eigenvalue weighted by atomic mass is 10.2. The Labute approximate surface area is 141 Å². The molecular weight excluding hydrogens is 341 g/mol. The van der Waals surface area contributed by atoms with Crippen LogP contribution in [0.5, 0.6) is 5.75 Å². The van der Waals surface area contributed by atoms with Gasteiger partial charge < -0.3 is 5.11 Å². The normalized spacial score (nSPS) is 11.4. The highest BCUT2D eigenvalue weighted by Gasteiger charge is 2.11. The maximum Gasteiger partial charge on any atom is 0.160 e. The van der Waals surface area contributed by atoms with E-state index in [-0.39, 0.29) is 10.8 Å². The van der Waals surface area contributed by atoms with Gasteiger partial charge in [0.2, 0.25) is 0 Å². The molecule has 0 unspecified atom stereocenters. The Morgan fingerprint density at radius 2 is 2.09 bits per heavy atom. The zero-order valence-corrected chi connectivity index (χ0v) is 13.8. The molecule has 0 amide bonds. The number of aromatic hydroxyl groups is 1. The molecule has 0 radical (unpaired) electrons. The maximum absolute atomic E-state index is 10.0. The quantitative estimate of drug-likeness (QED) is 0.511. The fourth-order valence-electron chi connectivity index (χ4n) is 1.94. The van der Waals surface area contributed by atoms with Crippen LogP contribution in [0.1, 0.15) is 10.4 Å². The topological polar surface area (TPSA) is 57.5 Å². The summed E-state index contributed by atoms with van der Waals surface area (Å²) < 4.78 is 0. The summed E-state index contributed by atoms with van der Waals surface area (Å²) in [6.45, 7) is 2.02. The van der Waals surface area contributed by atoms with E-state index < -0.39 is 0 Å². The highest BCUT2D eigenvalue weighted by atomic mass is 35.5. The summed E-state index contributed by atoms with van der Waals surface area (Å²) in [5.74, 6) is 0.398. The van der Waals surface area contributed by atoms with Crippen molar-refractivity contribution >= 4 is 57.5 Å². The van der Waals surface area contributed by atoms with E-state index in [9.17, 15) is 5.11 Å². The number of nitrogens with one attached hydrogen (secondary N) is 1. The van der Waals surface area contributed by atoms with Gasteiger partial charge in [-0.25, -0.2) is 4.98 Å². The number of hydrazone groups is 1. The van der Waals surface area contributed by atoms with Gasteiger partial charge >= 0.3 is 0 Å². The molecule has 0 spiro atoms. The molecule has 0 aliphatic heterocycles. The molecule has 2 aromatic heterocycles. The lowest BCUT2D eigenvalue weighted by Crippen LogP contribution is -1.94. The zero-order chi connectivity index (χ0) is 15.7. The average Bonchev–Trinajstić information content (AvgIpc) is 2.90.